The number of fused-ring (bicyclic) bond motifs is 4. The lowest BCUT2D eigenvalue weighted by molar-refractivity contribution is -0.116. The van der Waals surface area contributed by atoms with Crippen molar-refractivity contribution in [3.63, 3.8) is 0 Å². The predicted molar refractivity (Wildman–Crippen MR) is 87.9 cm³/mol. The van der Waals surface area contributed by atoms with Crippen molar-refractivity contribution in [2.24, 2.45) is 28.6 Å². The van der Waals surface area contributed by atoms with Crippen LogP contribution in [0.15, 0.2) is 11.3 Å². The summed E-state index contributed by atoms with van der Waals surface area (Å²) in [6.45, 7) is 4.06. The molecule has 3 saturated carbocycles. The Morgan fingerprint density at radius 3 is 2.83 bits per heavy atom. The van der Waals surface area contributed by atoms with E-state index in [0.717, 1.165) is 19.3 Å². The summed E-state index contributed by atoms with van der Waals surface area (Å²) in [5, 5.41) is 30.7. The molecule has 0 aromatic heterocycles. The second kappa shape index (κ2) is 4.37. The van der Waals surface area contributed by atoms with Gasteiger partial charge in [0.2, 0.25) is 0 Å². The minimum Gasteiger partial charge on any atom is -0.508 e. The van der Waals surface area contributed by atoms with Crippen LogP contribution < -0.4 is 0 Å². The van der Waals surface area contributed by atoms with Crippen LogP contribution in [-0.2, 0) is 4.74 Å². The Kier molecular flexibility index (Phi) is 2.24. The zero-order valence-electron chi connectivity index (χ0n) is 17.3. The topological polar surface area (TPSA) is 76.8 Å². The lowest BCUT2D eigenvalue weighted by Gasteiger charge is -2.58. The summed E-state index contributed by atoms with van der Waals surface area (Å²) in [5.74, 6) is 0.506. The van der Waals surface area contributed by atoms with Crippen molar-refractivity contribution >= 4 is 0 Å². The van der Waals surface area contributed by atoms with E-state index < -0.39 is 23.5 Å². The van der Waals surface area contributed by atoms with Gasteiger partial charge in [-0.2, -0.15) is 5.26 Å². The fraction of sp³-hybridized carbons (Fsp3) is 0.850. The maximum atomic E-state index is 10.8. The van der Waals surface area contributed by atoms with E-state index in [1.54, 1.807) is 0 Å². The van der Waals surface area contributed by atoms with Crippen LogP contribution in [0.2, 0.25) is 0 Å². The Labute approximate surface area is 147 Å². The van der Waals surface area contributed by atoms with Crippen LogP contribution in [0, 0.1) is 39.9 Å². The highest BCUT2D eigenvalue weighted by molar-refractivity contribution is 5.41. The third-order valence-corrected chi connectivity index (χ3v) is 8.42. The van der Waals surface area contributed by atoms with Crippen LogP contribution in [0.5, 0.6) is 0 Å². The van der Waals surface area contributed by atoms with Crippen molar-refractivity contribution in [3.05, 3.63) is 11.3 Å². The minimum absolute atomic E-state index is 0.0508. The van der Waals surface area contributed by atoms with Gasteiger partial charge in [0.1, 0.15) is 17.5 Å². The summed E-state index contributed by atoms with van der Waals surface area (Å²) < 4.78 is 31.1. The number of hydrogen-bond donors (Lipinski definition) is 2. The number of epoxide rings is 1. The first-order valence-corrected chi connectivity index (χ1v) is 9.17. The summed E-state index contributed by atoms with van der Waals surface area (Å²) in [4.78, 5) is 0. The van der Waals surface area contributed by atoms with Crippen molar-refractivity contribution in [3.8, 4) is 6.07 Å². The summed E-state index contributed by atoms with van der Waals surface area (Å²) in [7, 11) is 0. The highest BCUT2D eigenvalue weighted by atomic mass is 16.6. The van der Waals surface area contributed by atoms with Crippen LogP contribution in [0.4, 0.5) is 0 Å². The van der Waals surface area contributed by atoms with Crippen LogP contribution in [0.3, 0.4) is 0 Å². The Morgan fingerprint density at radius 2 is 2.08 bits per heavy atom. The number of rotatable bonds is 0. The molecule has 0 aromatic rings. The number of ether oxygens (including phenoxy) is 1. The van der Waals surface area contributed by atoms with Crippen molar-refractivity contribution in [2.75, 3.05) is 0 Å². The molecule has 4 heteroatoms. The molecule has 4 nitrogen and oxygen atoms in total. The number of nitriles is 1. The molecule has 0 unspecified atom stereocenters. The van der Waals surface area contributed by atoms with E-state index in [-0.39, 0.29) is 41.5 Å². The molecule has 24 heavy (non-hydrogen) atoms. The molecular formula is C20H27NO3. The first-order valence-electron chi connectivity index (χ1n) is 10.7. The van der Waals surface area contributed by atoms with Gasteiger partial charge >= 0.3 is 0 Å². The Bertz CT molecular complexity index is 805. The summed E-state index contributed by atoms with van der Waals surface area (Å²) in [5.41, 5.74) is -1.01. The highest BCUT2D eigenvalue weighted by Crippen LogP contribution is 2.73. The summed E-state index contributed by atoms with van der Waals surface area (Å²) >= 11 is 0. The summed E-state index contributed by atoms with van der Waals surface area (Å²) in [6, 6.07) is 2.16. The molecule has 2 N–H and O–H groups in total. The van der Waals surface area contributed by atoms with Gasteiger partial charge in [0.25, 0.3) is 0 Å². The van der Waals surface area contributed by atoms with Gasteiger partial charge in [-0.3, -0.25) is 0 Å². The maximum Gasteiger partial charge on any atom is 0.146 e. The van der Waals surface area contributed by atoms with Crippen molar-refractivity contribution in [1.82, 2.24) is 0 Å². The molecule has 1 aliphatic heterocycles. The van der Waals surface area contributed by atoms with Crippen LogP contribution in [-0.4, -0.2) is 28.0 Å². The molecule has 5 aliphatic rings. The van der Waals surface area contributed by atoms with Crippen LogP contribution in [0.25, 0.3) is 0 Å². The SMILES string of the molecule is [2H]C1([2H])C[C@H]2[C@@H]3CC[C@@]45O[C@@H]4C(O)=C(C#N)C[C@]5(C)[C@H]3CC[C@]2(C)[C@@]1([2H])O. The smallest absolute Gasteiger partial charge is 0.146 e. The second-order valence-electron chi connectivity index (χ2n) is 9.06. The van der Waals surface area contributed by atoms with E-state index in [2.05, 4.69) is 13.0 Å². The standard InChI is InChI=1S/C20H27NO3/c1-18-7-6-14-12(13(18)3-4-15(18)22)5-8-20-17(24-20)16(23)11(10-21)9-19(14,20)2/h12-15,17,22-23H,3-9H2,1-2H3/t12-,13-,14-,15-,17+,18-,19+,20+/m0/s1/i4D2,15D. The molecule has 0 aromatic carbocycles. The van der Waals surface area contributed by atoms with Gasteiger partial charge in [-0.15, -0.1) is 0 Å². The van der Waals surface area contributed by atoms with Gasteiger partial charge in [-0.05, 0) is 68.1 Å². The van der Waals surface area contributed by atoms with Crippen LogP contribution in [0.1, 0.15) is 62.9 Å². The van der Waals surface area contributed by atoms with E-state index in [9.17, 15) is 15.5 Å². The first-order chi connectivity index (χ1) is 12.5. The highest BCUT2D eigenvalue weighted by Gasteiger charge is 2.76. The third-order valence-electron chi connectivity index (χ3n) is 8.42. The number of aliphatic hydroxyl groups is 2. The monoisotopic (exact) mass is 332 g/mol. The van der Waals surface area contributed by atoms with Crippen molar-refractivity contribution < 1.29 is 19.1 Å². The average molecular weight is 332 g/mol. The largest absolute Gasteiger partial charge is 0.508 e. The van der Waals surface area contributed by atoms with Gasteiger partial charge in [0.05, 0.1) is 19.1 Å². The molecule has 4 aliphatic carbocycles. The fourth-order valence-electron chi connectivity index (χ4n) is 6.93. The van der Waals surface area contributed by atoms with Gasteiger partial charge in [0, 0.05) is 8.16 Å². The number of hydrogen-bond acceptors (Lipinski definition) is 4. The molecule has 8 atom stereocenters. The fourth-order valence-corrected chi connectivity index (χ4v) is 6.93. The average Bonchev–Trinajstić information content (AvgIpc) is 3.31. The van der Waals surface area contributed by atoms with Crippen LogP contribution >= 0.6 is 0 Å². The lowest BCUT2D eigenvalue weighted by atomic mass is 9.45. The zero-order valence-corrected chi connectivity index (χ0v) is 14.3. The Balaban J connectivity index is 1.56. The van der Waals surface area contributed by atoms with E-state index in [1.165, 1.54) is 0 Å². The molecule has 4 fully saturated rings. The molecule has 130 valence electrons. The van der Waals surface area contributed by atoms with E-state index in [4.69, 9.17) is 8.85 Å². The molecule has 1 saturated heterocycles. The Morgan fingerprint density at radius 1 is 1.29 bits per heavy atom. The summed E-state index contributed by atoms with van der Waals surface area (Å²) in [6.07, 6.45) is -0.620. The van der Waals surface area contributed by atoms with Gasteiger partial charge in [-0.1, -0.05) is 13.8 Å². The molecule has 0 radical (unpaired) electrons. The van der Waals surface area contributed by atoms with Gasteiger partial charge in [-0.25, -0.2) is 0 Å². The molecule has 0 amide bonds. The lowest BCUT2D eigenvalue weighted by Crippen LogP contribution is -2.57. The first kappa shape index (κ1) is 12.3. The quantitative estimate of drug-likeness (QED) is 0.666. The predicted octanol–water partition coefficient (Wildman–Crippen LogP) is 3.47. The second-order valence-corrected chi connectivity index (χ2v) is 9.06. The zero-order chi connectivity index (χ0) is 19.6. The maximum absolute atomic E-state index is 10.8. The Hall–Kier alpha value is -1.05. The molecule has 0 bridgehead atoms. The molecular weight excluding hydrogens is 302 g/mol. The minimum atomic E-state index is -2.08. The van der Waals surface area contributed by atoms with E-state index >= 15 is 0 Å². The van der Waals surface area contributed by atoms with Crippen molar-refractivity contribution in [2.45, 2.75) is 76.5 Å². The normalized spacial score (nSPS) is 65.2. The van der Waals surface area contributed by atoms with Gasteiger partial charge < -0.3 is 14.9 Å². The van der Waals surface area contributed by atoms with E-state index in [1.807, 2.05) is 6.92 Å². The van der Waals surface area contributed by atoms with E-state index in [0.29, 0.717) is 18.4 Å². The van der Waals surface area contributed by atoms with Gasteiger partial charge in [0.15, 0.2) is 0 Å². The number of allylic oxidation sites excluding steroid dienone is 1. The third kappa shape index (κ3) is 1.48. The van der Waals surface area contributed by atoms with Crippen molar-refractivity contribution in [1.29, 1.82) is 5.26 Å². The molecule has 1 heterocycles. The molecule has 5 rings (SSSR count). The number of nitrogens with zero attached hydrogens (tertiary/aromatic N) is 1. The number of aliphatic hydroxyl groups excluding tert-OH is 1. The molecule has 1 spiro atoms.